The van der Waals surface area contributed by atoms with E-state index in [9.17, 15) is 0 Å². The molecule has 0 aliphatic rings. The Labute approximate surface area is 115 Å². The molecule has 0 aliphatic heterocycles. The van der Waals surface area contributed by atoms with Gasteiger partial charge >= 0.3 is 0 Å². The monoisotopic (exact) mass is 273 g/mol. The fourth-order valence-corrected chi connectivity index (χ4v) is 1.89. The van der Waals surface area contributed by atoms with Gasteiger partial charge in [0.15, 0.2) is 11.6 Å². The standard InChI is InChI=1S/C14H15N3O3/c1-2-18-8-10(15)13-16-14(20-17-13)12-7-9-5-3-4-6-11(9)19-12/h3-7,10H,2,8,15H2,1H3. The Morgan fingerprint density at radius 2 is 2.20 bits per heavy atom. The van der Waals surface area contributed by atoms with Gasteiger partial charge in [0.2, 0.25) is 0 Å². The van der Waals surface area contributed by atoms with Crippen molar-refractivity contribution in [3.8, 4) is 11.7 Å². The summed E-state index contributed by atoms with van der Waals surface area (Å²) in [5, 5.41) is 4.85. The molecule has 0 fully saturated rings. The lowest BCUT2D eigenvalue weighted by Gasteiger charge is -2.05. The first-order valence-electron chi connectivity index (χ1n) is 6.44. The third-order valence-corrected chi connectivity index (χ3v) is 2.91. The lowest BCUT2D eigenvalue weighted by Crippen LogP contribution is -2.18. The minimum atomic E-state index is -0.406. The summed E-state index contributed by atoms with van der Waals surface area (Å²) in [6.07, 6.45) is 0. The Balaban J connectivity index is 1.85. The maximum Gasteiger partial charge on any atom is 0.293 e. The largest absolute Gasteiger partial charge is 0.451 e. The predicted molar refractivity (Wildman–Crippen MR) is 72.9 cm³/mol. The van der Waals surface area contributed by atoms with E-state index in [4.69, 9.17) is 19.4 Å². The van der Waals surface area contributed by atoms with Crippen LogP contribution in [0.1, 0.15) is 18.8 Å². The molecule has 1 unspecified atom stereocenters. The number of hydrogen-bond donors (Lipinski definition) is 1. The van der Waals surface area contributed by atoms with E-state index in [1.807, 2.05) is 37.3 Å². The first-order valence-corrected chi connectivity index (χ1v) is 6.44. The van der Waals surface area contributed by atoms with Crippen LogP contribution >= 0.6 is 0 Å². The lowest BCUT2D eigenvalue weighted by atomic mass is 10.2. The number of ether oxygens (including phenoxy) is 1. The topological polar surface area (TPSA) is 87.3 Å². The number of aromatic nitrogens is 2. The maximum atomic E-state index is 5.91. The summed E-state index contributed by atoms with van der Waals surface area (Å²) in [5.41, 5.74) is 6.69. The minimum absolute atomic E-state index is 0.322. The van der Waals surface area contributed by atoms with Crippen molar-refractivity contribution in [1.29, 1.82) is 0 Å². The number of furan rings is 1. The Kier molecular flexibility index (Phi) is 3.49. The molecule has 104 valence electrons. The number of hydrogen-bond acceptors (Lipinski definition) is 6. The summed E-state index contributed by atoms with van der Waals surface area (Å²) < 4.78 is 16.1. The molecule has 6 heteroatoms. The predicted octanol–water partition coefficient (Wildman–Crippen LogP) is 2.52. The van der Waals surface area contributed by atoms with Crippen LogP contribution in [0.5, 0.6) is 0 Å². The van der Waals surface area contributed by atoms with Gasteiger partial charge in [0.25, 0.3) is 5.89 Å². The highest BCUT2D eigenvalue weighted by molar-refractivity contribution is 5.81. The average molecular weight is 273 g/mol. The molecule has 6 nitrogen and oxygen atoms in total. The van der Waals surface area contributed by atoms with Gasteiger partial charge in [-0.1, -0.05) is 23.4 Å². The van der Waals surface area contributed by atoms with E-state index in [-0.39, 0.29) is 0 Å². The highest BCUT2D eigenvalue weighted by Gasteiger charge is 2.17. The van der Waals surface area contributed by atoms with Crippen LogP contribution < -0.4 is 5.73 Å². The van der Waals surface area contributed by atoms with Gasteiger partial charge in [-0.15, -0.1) is 0 Å². The second-order valence-electron chi connectivity index (χ2n) is 4.37. The van der Waals surface area contributed by atoms with E-state index < -0.39 is 6.04 Å². The first kappa shape index (κ1) is 12.8. The average Bonchev–Trinajstić information content (AvgIpc) is 3.10. The summed E-state index contributed by atoms with van der Waals surface area (Å²) in [6.45, 7) is 2.86. The van der Waals surface area contributed by atoms with Crippen molar-refractivity contribution in [2.45, 2.75) is 13.0 Å². The zero-order chi connectivity index (χ0) is 13.9. The Bertz CT molecular complexity index is 671. The van der Waals surface area contributed by atoms with Crippen LogP contribution in [-0.4, -0.2) is 23.4 Å². The fraction of sp³-hybridized carbons (Fsp3) is 0.286. The number of nitrogens with two attached hydrogens (primary N) is 1. The molecule has 2 N–H and O–H groups in total. The molecular weight excluding hydrogens is 258 g/mol. The highest BCUT2D eigenvalue weighted by atomic mass is 16.5. The van der Waals surface area contributed by atoms with Crippen LogP contribution in [0.2, 0.25) is 0 Å². The van der Waals surface area contributed by atoms with Gasteiger partial charge in [0.05, 0.1) is 12.6 Å². The second-order valence-corrected chi connectivity index (χ2v) is 4.37. The molecule has 20 heavy (non-hydrogen) atoms. The molecule has 3 aromatic rings. The molecule has 1 aromatic carbocycles. The number of benzene rings is 1. The van der Waals surface area contributed by atoms with Crippen molar-refractivity contribution in [2.75, 3.05) is 13.2 Å². The second kappa shape index (κ2) is 5.44. The van der Waals surface area contributed by atoms with Crippen LogP contribution in [-0.2, 0) is 4.74 Å². The van der Waals surface area contributed by atoms with Crippen LogP contribution in [0.25, 0.3) is 22.6 Å². The van der Waals surface area contributed by atoms with Crippen molar-refractivity contribution in [3.63, 3.8) is 0 Å². The number of para-hydroxylation sites is 1. The maximum absolute atomic E-state index is 5.91. The molecule has 0 radical (unpaired) electrons. The molecule has 0 spiro atoms. The van der Waals surface area contributed by atoms with Gasteiger partial charge in [-0.25, -0.2) is 0 Å². The molecule has 0 saturated heterocycles. The van der Waals surface area contributed by atoms with Gasteiger partial charge in [0, 0.05) is 12.0 Å². The van der Waals surface area contributed by atoms with Gasteiger partial charge < -0.3 is 19.4 Å². The van der Waals surface area contributed by atoms with E-state index in [2.05, 4.69) is 10.1 Å². The summed E-state index contributed by atoms with van der Waals surface area (Å²) in [5.74, 6) is 1.27. The molecular formula is C14H15N3O3. The van der Waals surface area contributed by atoms with E-state index in [1.165, 1.54) is 0 Å². The van der Waals surface area contributed by atoms with E-state index in [0.29, 0.717) is 30.7 Å². The number of nitrogens with zero attached hydrogens (tertiary/aromatic N) is 2. The van der Waals surface area contributed by atoms with Crippen molar-refractivity contribution >= 4 is 11.0 Å². The molecule has 1 atom stereocenters. The summed E-state index contributed by atoms with van der Waals surface area (Å²) >= 11 is 0. The molecule has 0 bridgehead atoms. The molecule has 3 rings (SSSR count). The normalized spacial score (nSPS) is 12.9. The third kappa shape index (κ3) is 2.43. The van der Waals surface area contributed by atoms with Crippen molar-refractivity contribution in [3.05, 3.63) is 36.2 Å². The minimum Gasteiger partial charge on any atom is -0.451 e. The van der Waals surface area contributed by atoms with Crippen molar-refractivity contribution < 1.29 is 13.7 Å². The third-order valence-electron chi connectivity index (χ3n) is 2.91. The highest BCUT2D eigenvalue weighted by Crippen LogP contribution is 2.26. The Morgan fingerprint density at radius 3 is 3.00 bits per heavy atom. The van der Waals surface area contributed by atoms with Crippen LogP contribution in [0.3, 0.4) is 0 Å². The summed E-state index contributed by atoms with van der Waals surface area (Å²) in [4.78, 5) is 4.25. The van der Waals surface area contributed by atoms with Crippen LogP contribution in [0.4, 0.5) is 0 Å². The Morgan fingerprint density at radius 1 is 1.35 bits per heavy atom. The zero-order valence-electron chi connectivity index (χ0n) is 11.1. The van der Waals surface area contributed by atoms with Gasteiger partial charge in [0.1, 0.15) is 5.58 Å². The lowest BCUT2D eigenvalue weighted by molar-refractivity contribution is 0.130. The molecule has 0 aliphatic carbocycles. The van der Waals surface area contributed by atoms with Crippen molar-refractivity contribution in [2.24, 2.45) is 5.73 Å². The quantitative estimate of drug-likeness (QED) is 0.768. The molecule has 2 aromatic heterocycles. The van der Waals surface area contributed by atoms with E-state index in [0.717, 1.165) is 11.0 Å². The van der Waals surface area contributed by atoms with Crippen LogP contribution in [0, 0.1) is 0 Å². The van der Waals surface area contributed by atoms with E-state index in [1.54, 1.807) is 0 Å². The fourth-order valence-electron chi connectivity index (χ4n) is 1.89. The molecule has 0 amide bonds. The molecule has 2 heterocycles. The van der Waals surface area contributed by atoms with Crippen molar-refractivity contribution in [1.82, 2.24) is 10.1 Å². The smallest absolute Gasteiger partial charge is 0.293 e. The van der Waals surface area contributed by atoms with Crippen LogP contribution in [0.15, 0.2) is 39.3 Å². The summed E-state index contributed by atoms with van der Waals surface area (Å²) in [7, 11) is 0. The van der Waals surface area contributed by atoms with Gasteiger partial charge in [-0.05, 0) is 19.1 Å². The first-order chi connectivity index (χ1) is 9.78. The summed E-state index contributed by atoms with van der Waals surface area (Å²) in [6, 6.07) is 9.15. The van der Waals surface area contributed by atoms with Gasteiger partial charge in [-0.3, -0.25) is 0 Å². The Hall–Kier alpha value is -2.18. The SMILES string of the molecule is CCOCC(N)c1noc(-c2cc3ccccc3o2)n1. The number of rotatable bonds is 5. The zero-order valence-corrected chi connectivity index (χ0v) is 11.1. The molecule has 0 saturated carbocycles. The van der Waals surface area contributed by atoms with E-state index >= 15 is 0 Å². The van der Waals surface area contributed by atoms with Gasteiger partial charge in [-0.2, -0.15) is 4.98 Å². The number of fused-ring (bicyclic) bond motifs is 1.